The molecule has 0 aliphatic heterocycles. The Morgan fingerprint density at radius 2 is 1.21 bits per heavy atom. The molecule has 0 unspecified atom stereocenters. The molecule has 1 aromatic rings. The molecule has 0 radical (unpaired) electrons. The second-order valence-corrected chi connectivity index (χ2v) is 8.33. The Balaban J connectivity index is 2.85. The topological polar surface area (TPSA) is 215 Å². The van der Waals surface area contributed by atoms with Gasteiger partial charge < -0.3 is 55.8 Å². The summed E-state index contributed by atoms with van der Waals surface area (Å²) in [5.41, 5.74) is 0.919. The quantitative estimate of drug-likeness (QED) is 0.0896. The Hall–Kier alpha value is -1.07. The zero-order valence-corrected chi connectivity index (χ0v) is 19.5. The van der Waals surface area contributed by atoms with Crippen molar-refractivity contribution in [3.63, 3.8) is 0 Å². The minimum Gasteiger partial charge on any atom is -0.492 e. The van der Waals surface area contributed by atoms with Gasteiger partial charge in [0.05, 0.1) is 25.4 Å². The second-order valence-electron chi connectivity index (χ2n) is 8.01. The summed E-state index contributed by atoms with van der Waals surface area (Å²) >= 11 is 4.20. The summed E-state index contributed by atoms with van der Waals surface area (Å²) in [4.78, 5) is 1.36. The molecule has 0 aromatic heterocycles. The second kappa shape index (κ2) is 15.8. The molecule has 0 fully saturated rings. The molecule has 34 heavy (non-hydrogen) atoms. The van der Waals surface area contributed by atoms with E-state index < -0.39 is 62.0 Å². The predicted octanol–water partition coefficient (Wildman–Crippen LogP) is -4.33. The van der Waals surface area contributed by atoms with Gasteiger partial charge in [0.2, 0.25) is 0 Å². The van der Waals surface area contributed by atoms with E-state index in [4.69, 9.17) is 14.9 Å². The Bertz CT molecular complexity index is 658. The number of hydrogen-bond acceptors (Lipinski definition) is 13. The van der Waals surface area contributed by atoms with E-state index in [1.807, 2.05) is 6.07 Å². The molecule has 1 aromatic carbocycles. The van der Waals surface area contributed by atoms with Crippen LogP contribution in [0.15, 0.2) is 24.3 Å². The zero-order chi connectivity index (χ0) is 25.8. The third-order valence-corrected chi connectivity index (χ3v) is 5.66. The minimum atomic E-state index is -1.85. The first-order valence-electron chi connectivity index (χ1n) is 10.8. The Kier molecular flexibility index (Phi) is 14.4. The molecule has 8 atom stereocenters. The summed E-state index contributed by atoms with van der Waals surface area (Å²) < 4.78 is 5.66. The standard InChI is InChI=1S/C21H37NO11S/c23-9-16(27)20(31)18(29)14(25)7-22(8-15(26)19(30)21(32)17(28)10-24)4-5-33-13-3-1-2-12(6-13)11-34/h1-3,6,14-21,23-32,34H,4-5,7-11H2/t14-,15-,16+,17+,18+,19+,20+,21+/m0/s1. The van der Waals surface area contributed by atoms with Crippen molar-refractivity contribution in [1.29, 1.82) is 0 Å². The fourth-order valence-electron chi connectivity index (χ4n) is 3.15. The van der Waals surface area contributed by atoms with E-state index in [-0.39, 0.29) is 26.2 Å². The van der Waals surface area contributed by atoms with Crippen molar-refractivity contribution in [1.82, 2.24) is 4.90 Å². The van der Waals surface area contributed by atoms with Crippen molar-refractivity contribution < 1.29 is 55.8 Å². The van der Waals surface area contributed by atoms with E-state index in [9.17, 15) is 40.9 Å². The van der Waals surface area contributed by atoms with E-state index in [1.54, 1.807) is 18.2 Å². The molecule has 198 valence electrons. The normalized spacial score (nSPS) is 19.2. The predicted molar refractivity (Wildman–Crippen MR) is 123 cm³/mol. The smallest absolute Gasteiger partial charge is 0.119 e. The average Bonchev–Trinajstić information content (AvgIpc) is 2.85. The molecular weight excluding hydrogens is 474 g/mol. The van der Waals surface area contributed by atoms with Crippen molar-refractivity contribution in [2.75, 3.05) is 39.5 Å². The fraction of sp³-hybridized carbons (Fsp3) is 0.714. The molecule has 0 aliphatic rings. The van der Waals surface area contributed by atoms with E-state index in [0.717, 1.165) is 5.56 Å². The molecule has 0 bridgehead atoms. The molecule has 1 rings (SSSR count). The molecule has 0 amide bonds. The SMILES string of the molecule is OC[C@@H](O)[C@@H](O)[C@H](O)[C@@H](O)CN(CCOc1cccc(CS)c1)C[C@H](O)[C@@H](O)[C@H](O)[C@H](O)CO. The maximum atomic E-state index is 10.3. The van der Waals surface area contributed by atoms with Gasteiger partial charge in [-0.1, -0.05) is 12.1 Å². The molecule has 12 nitrogen and oxygen atoms in total. The first-order valence-corrected chi connectivity index (χ1v) is 11.4. The van der Waals surface area contributed by atoms with Crippen molar-refractivity contribution >= 4 is 12.6 Å². The Morgan fingerprint density at radius 1 is 0.735 bits per heavy atom. The number of rotatable bonds is 17. The summed E-state index contributed by atoms with van der Waals surface area (Å²) in [5.74, 6) is 1.04. The molecule has 0 spiro atoms. The first-order chi connectivity index (χ1) is 16.0. The van der Waals surface area contributed by atoms with Crippen LogP contribution in [-0.4, -0.2) is 144 Å². The lowest BCUT2D eigenvalue weighted by Gasteiger charge is -2.33. The third kappa shape index (κ3) is 9.89. The maximum absolute atomic E-state index is 10.3. The van der Waals surface area contributed by atoms with Crippen LogP contribution in [-0.2, 0) is 5.75 Å². The van der Waals surface area contributed by atoms with Crippen molar-refractivity contribution in [2.24, 2.45) is 0 Å². The largest absolute Gasteiger partial charge is 0.492 e. The summed E-state index contributed by atoms with van der Waals surface area (Å²) in [6.07, 6.45) is -14.0. The molecule has 10 N–H and O–H groups in total. The number of benzene rings is 1. The fourth-order valence-corrected chi connectivity index (χ4v) is 3.35. The van der Waals surface area contributed by atoms with Crippen LogP contribution in [0, 0.1) is 0 Å². The van der Waals surface area contributed by atoms with Crippen molar-refractivity contribution in [3.8, 4) is 5.75 Å². The minimum absolute atomic E-state index is 0.0469. The molecule has 0 aliphatic carbocycles. The van der Waals surface area contributed by atoms with Gasteiger partial charge in [-0.15, -0.1) is 0 Å². The number of ether oxygens (including phenoxy) is 1. The summed E-state index contributed by atoms with van der Waals surface area (Å²) in [6, 6.07) is 7.13. The van der Waals surface area contributed by atoms with Gasteiger partial charge in [-0.25, -0.2) is 0 Å². The average molecular weight is 512 g/mol. The van der Waals surface area contributed by atoms with Crippen LogP contribution in [0.25, 0.3) is 0 Å². The van der Waals surface area contributed by atoms with Gasteiger partial charge >= 0.3 is 0 Å². The van der Waals surface area contributed by atoms with Gasteiger partial charge in [0, 0.05) is 25.4 Å². The number of hydrogen-bond donors (Lipinski definition) is 11. The molecular formula is C21H37NO11S. The highest BCUT2D eigenvalue weighted by molar-refractivity contribution is 7.79. The summed E-state index contributed by atoms with van der Waals surface area (Å²) in [7, 11) is 0. The third-order valence-electron chi connectivity index (χ3n) is 5.30. The number of nitrogens with zero attached hydrogens (tertiary/aromatic N) is 1. The lowest BCUT2D eigenvalue weighted by atomic mass is 10.0. The van der Waals surface area contributed by atoms with Crippen LogP contribution < -0.4 is 4.74 Å². The Morgan fingerprint density at radius 3 is 1.65 bits per heavy atom. The lowest BCUT2D eigenvalue weighted by molar-refractivity contribution is -0.130. The van der Waals surface area contributed by atoms with Crippen LogP contribution in [0.3, 0.4) is 0 Å². The Labute approximate surface area is 203 Å². The van der Waals surface area contributed by atoms with Gasteiger partial charge in [-0.3, -0.25) is 4.90 Å². The molecule has 0 saturated carbocycles. The van der Waals surface area contributed by atoms with Gasteiger partial charge in [0.1, 0.15) is 49.0 Å². The van der Waals surface area contributed by atoms with Crippen LogP contribution in [0.1, 0.15) is 5.56 Å². The molecule has 13 heteroatoms. The van der Waals surface area contributed by atoms with E-state index in [0.29, 0.717) is 11.5 Å². The maximum Gasteiger partial charge on any atom is 0.119 e. The van der Waals surface area contributed by atoms with Crippen molar-refractivity contribution in [2.45, 2.75) is 54.6 Å². The highest BCUT2D eigenvalue weighted by atomic mass is 32.1. The number of aliphatic hydroxyl groups excluding tert-OH is 10. The van der Waals surface area contributed by atoms with Gasteiger partial charge in [-0.05, 0) is 17.7 Å². The lowest BCUT2D eigenvalue weighted by Crippen LogP contribution is -2.53. The number of aliphatic hydroxyl groups is 10. The highest BCUT2D eigenvalue weighted by Gasteiger charge is 2.34. The van der Waals surface area contributed by atoms with Crippen LogP contribution >= 0.6 is 12.6 Å². The van der Waals surface area contributed by atoms with Crippen molar-refractivity contribution in [3.05, 3.63) is 29.8 Å². The van der Waals surface area contributed by atoms with Gasteiger partial charge in [0.15, 0.2) is 0 Å². The summed E-state index contributed by atoms with van der Waals surface area (Å²) in [5, 5.41) is 97.3. The molecule has 0 saturated heterocycles. The first kappa shape index (κ1) is 31.0. The van der Waals surface area contributed by atoms with E-state index in [1.165, 1.54) is 4.90 Å². The number of thiol groups is 1. The van der Waals surface area contributed by atoms with Gasteiger partial charge in [-0.2, -0.15) is 12.6 Å². The summed E-state index contributed by atoms with van der Waals surface area (Å²) in [6.45, 7) is -2.31. The monoisotopic (exact) mass is 511 g/mol. The van der Waals surface area contributed by atoms with Crippen LogP contribution in [0.2, 0.25) is 0 Å². The van der Waals surface area contributed by atoms with Crippen LogP contribution in [0.5, 0.6) is 5.75 Å². The van der Waals surface area contributed by atoms with Gasteiger partial charge in [0.25, 0.3) is 0 Å². The van der Waals surface area contributed by atoms with Crippen LogP contribution in [0.4, 0.5) is 0 Å². The zero-order valence-electron chi connectivity index (χ0n) is 18.7. The highest BCUT2D eigenvalue weighted by Crippen LogP contribution is 2.15. The molecule has 0 heterocycles. The van der Waals surface area contributed by atoms with E-state index in [2.05, 4.69) is 12.6 Å². The van der Waals surface area contributed by atoms with E-state index >= 15 is 0 Å².